The van der Waals surface area contributed by atoms with Crippen LogP contribution in [-0.2, 0) is 35.8 Å². The molecule has 1 aliphatic carbocycles. The molecule has 1 saturated carbocycles. The Morgan fingerprint density at radius 1 is 0.978 bits per heavy atom. The molecule has 5 aliphatic rings. The van der Waals surface area contributed by atoms with E-state index in [9.17, 15) is 19.2 Å². The van der Waals surface area contributed by atoms with E-state index < -0.39 is 30.4 Å². The summed E-state index contributed by atoms with van der Waals surface area (Å²) in [6.45, 7) is 6.15. The summed E-state index contributed by atoms with van der Waals surface area (Å²) in [6, 6.07) is 6.62. The van der Waals surface area contributed by atoms with Gasteiger partial charge in [-0.15, -0.1) is 0 Å². The number of amides is 4. The van der Waals surface area contributed by atoms with Crippen molar-refractivity contribution in [3.63, 3.8) is 0 Å². The van der Waals surface area contributed by atoms with Crippen molar-refractivity contribution in [2.75, 3.05) is 26.3 Å². The highest BCUT2D eigenvalue weighted by molar-refractivity contribution is 5.92. The van der Waals surface area contributed by atoms with Gasteiger partial charge in [-0.2, -0.15) is 0 Å². The molecule has 4 fully saturated rings. The summed E-state index contributed by atoms with van der Waals surface area (Å²) in [5, 5.41) is 5.97. The molecule has 45 heavy (non-hydrogen) atoms. The lowest BCUT2D eigenvalue weighted by atomic mass is 9.78. The average Bonchev–Trinajstić information content (AvgIpc) is 3.34. The molecule has 0 spiro atoms. The van der Waals surface area contributed by atoms with E-state index in [4.69, 9.17) is 14.2 Å². The van der Waals surface area contributed by atoms with E-state index in [1.807, 2.05) is 18.2 Å². The number of alkyl carbamates (subject to hydrolysis) is 1. The lowest BCUT2D eigenvalue weighted by Crippen LogP contribution is -2.54. The molecule has 11 nitrogen and oxygen atoms in total. The molecule has 1 aromatic rings. The molecule has 0 radical (unpaired) electrons. The smallest absolute Gasteiger partial charge is 0.410 e. The van der Waals surface area contributed by atoms with Gasteiger partial charge in [0.25, 0.3) is 0 Å². The maximum absolute atomic E-state index is 14.1. The van der Waals surface area contributed by atoms with Crippen LogP contribution in [0.25, 0.3) is 0 Å². The summed E-state index contributed by atoms with van der Waals surface area (Å²) >= 11 is 0. The molecular formula is C34H48N4O7. The summed E-state index contributed by atoms with van der Waals surface area (Å²) in [5.74, 6) is -0.0855. The monoisotopic (exact) mass is 624 g/mol. The minimum absolute atomic E-state index is 0.0915. The molecule has 6 rings (SSSR count). The van der Waals surface area contributed by atoms with Gasteiger partial charge in [-0.05, 0) is 36.3 Å². The third kappa shape index (κ3) is 7.56. The number of hydrogen-bond donors (Lipinski definition) is 2. The Kier molecular flexibility index (Phi) is 9.54. The maximum Gasteiger partial charge on any atom is 0.410 e. The molecule has 6 atom stereocenters. The van der Waals surface area contributed by atoms with Crippen molar-refractivity contribution in [1.82, 2.24) is 20.4 Å². The van der Waals surface area contributed by atoms with Crippen LogP contribution in [0.1, 0.15) is 89.2 Å². The first-order valence-corrected chi connectivity index (χ1v) is 16.9. The highest BCUT2D eigenvalue weighted by atomic mass is 16.6. The van der Waals surface area contributed by atoms with E-state index >= 15 is 0 Å². The summed E-state index contributed by atoms with van der Waals surface area (Å²) < 4.78 is 16.9. The number of rotatable bonds is 3. The van der Waals surface area contributed by atoms with Crippen LogP contribution in [0.2, 0.25) is 0 Å². The highest BCUT2D eigenvalue weighted by Gasteiger charge is 2.47. The molecule has 246 valence electrons. The van der Waals surface area contributed by atoms with Crippen molar-refractivity contribution in [2.45, 2.75) is 120 Å². The molecule has 4 amide bonds. The first kappa shape index (κ1) is 31.6. The Hall–Kier alpha value is -3.34. The quantitative estimate of drug-likeness (QED) is 0.520. The third-order valence-electron chi connectivity index (χ3n) is 10.1. The molecule has 0 bridgehead atoms. The lowest BCUT2D eigenvalue weighted by Gasteiger charge is -2.39. The van der Waals surface area contributed by atoms with Gasteiger partial charge in [-0.1, -0.05) is 70.2 Å². The van der Waals surface area contributed by atoms with Gasteiger partial charge in [-0.25, -0.2) is 9.59 Å². The van der Waals surface area contributed by atoms with Crippen LogP contribution in [0.3, 0.4) is 0 Å². The Morgan fingerprint density at radius 3 is 2.56 bits per heavy atom. The standard InChI is InChI=1S/C34H48N4O7/c1-34(2)21-37(18-23-11-8-9-12-26(23)34)33(42)45-25-17-29-30(39)35-28-16-22(28)10-6-4-3-5-7-13-27(31(40)38(29)19-25)36-32(41)44-24-14-15-43-20-24/h8-9,11-12,22,24-25,27-29H,3-7,10,13-21H2,1-2H3,(H,35,39)(H,36,41)/t22-,24+,25-,27+,28-,29+/m1/s1. The van der Waals surface area contributed by atoms with Crippen molar-refractivity contribution in [3.8, 4) is 0 Å². The van der Waals surface area contributed by atoms with Gasteiger partial charge >= 0.3 is 12.2 Å². The van der Waals surface area contributed by atoms with E-state index in [2.05, 4.69) is 30.5 Å². The van der Waals surface area contributed by atoms with Crippen LogP contribution in [0.4, 0.5) is 9.59 Å². The third-order valence-corrected chi connectivity index (χ3v) is 10.1. The van der Waals surface area contributed by atoms with Crippen LogP contribution < -0.4 is 10.6 Å². The lowest BCUT2D eigenvalue weighted by molar-refractivity contribution is -0.140. The van der Waals surface area contributed by atoms with Gasteiger partial charge < -0.3 is 34.6 Å². The van der Waals surface area contributed by atoms with Gasteiger partial charge in [0.1, 0.15) is 24.3 Å². The van der Waals surface area contributed by atoms with Crippen LogP contribution >= 0.6 is 0 Å². The van der Waals surface area contributed by atoms with Crippen molar-refractivity contribution in [1.29, 1.82) is 0 Å². The van der Waals surface area contributed by atoms with Gasteiger partial charge in [-0.3, -0.25) is 9.59 Å². The molecule has 0 aromatic heterocycles. The highest BCUT2D eigenvalue weighted by Crippen LogP contribution is 2.37. The number of hydrogen-bond acceptors (Lipinski definition) is 7. The molecule has 4 heterocycles. The van der Waals surface area contributed by atoms with Gasteiger partial charge in [0, 0.05) is 37.4 Å². The second-order valence-electron chi connectivity index (χ2n) is 14.2. The fraction of sp³-hybridized carbons (Fsp3) is 0.706. The van der Waals surface area contributed by atoms with E-state index in [0.29, 0.717) is 45.1 Å². The number of benzene rings is 1. The molecule has 3 saturated heterocycles. The largest absolute Gasteiger partial charge is 0.444 e. The SMILES string of the molecule is CC1(C)CN(C(=O)O[C@@H]2C[C@H]3C(=O)N[C@@H]4C[C@H]4CCCCCCC[C@H](NC(=O)O[C@H]4CCOC4)C(=O)N3C2)Cc2ccccc21. The normalized spacial score (nSPS) is 31.8. The average molecular weight is 625 g/mol. The van der Waals surface area contributed by atoms with Gasteiger partial charge in [0.05, 0.1) is 19.8 Å². The van der Waals surface area contributed by atoms with Crippen molar-refractivity contribution in [2.24, 2.45) is 5.92 Å². The predicted molar refractivity (Wildman–Crippen MR) is 165 cm³/mol. The van der Waals surface area contributed by atoms with Crippen LogP contribution in [-0.4, -0.2) is 90.4 Å². The number of fused-ring (bicyclic) bond motifs is 3. The minimum atomic E-state index is -0.845. The summed E-state index contributed by atoms with van der Waals surface area (Å²) in [5.41, 5.74) is 2.07. The Bertz CT molecular complexity index is 1260. The fourth-order valence-corrected chi connectivity index (χ4v) is 7.56. The molecule has 4 aliphatic heterocycles. The first-order chi connectivity index (χ1) is 21.7. The fourth-order valence-electron chi connectivity index (χ4n) is 7.56. The van der Waals surface area contributed by atoms with Gasteiger partial charge in [0.15, 0.2) is 0 Å². The Labute approximate surface area is 265 Å². The Balaban J connectivity index is 1.17. The number of carbonyl (C=O) groups excluding carboxylic acids is 4. The maximum atomic E-state index is 14.1. The van der Waals surface area contributed by atoms with E-state index in [-0.39, 0.29) is 42.3 Å². The predicted octanol–water partition coefficient (Wildman–Crippen LogP) is 4.02. The van der Waals surface area contributed by atoms with Crippen molar-refractivity contribution >= 4 is 24.0 Å². The van der Waals surface area contributed by atoms with Crippen LogP contribution in [0, 0.1) is 5.92 Å². The van der Waals surface area contributed by atoms with E-state index in [1.165, 1.54) is 10.5 Å². The summed E-state index contributed by atoms with van der Waals surface area (Å²) in [7, 11) is 0. The van der Waals surface area contributed by atoms with E-state index in [0.717, 1.165) is 50.5 Å². The second-order valence-corrected chi connectivity index (χ2v) is 14.2. The number of ether oxygens (including phenoxy) is 3. The molecule has 11 heteroatoms. The molecule has 0 unspecified atom stereocenters. The molecule has 1 aromatic carbocycles. The molecule has 2 N–H and O–H groups in total. The van der Waals surface area contributed by atoms with Crippen molar-refractivity contribution < 1.29 is 33.4 Å². The zero-order valence-electron chi connectivity index (χ0n) is 26.6. The van der Waals surface area contributed by atoms with Gasteiger partial charge in [0.2, 0.25) is 11.8 Å². The second kappa shape index (κ2) is 13.6. The summed E-state index contributed by atoms with van der Waals surface area (Å²) in [4.78, 5) is 57.4. The van der Waals surface area contributed by atoms with Crippen molar-refractivity contribution in [3.05, 3.63) is 35.4 Å². The number of nitrogens with zero attached hydrogens (tertiary/aromatic N) is 2. The minimum Gasteiger partial charge on any atom is -0.444 e. The van der Waals surface area contributed by atoms with E-state index in [1.54, 1.807) is 4.90 Å². The topological polar surface area (TPSA) is 127 Å². The van der Waals surface area contributed by atoms with Crippen LogP contribution in [0.15, 0.2) is 24.3 Å². The number of nitrogens with one attached hydrogen (secondary N) is 2. The zero-order chi connectivity index (χ0) is 31.6. The summed E-state index contributed by atoms with van der Waals surface area (Å²) in [6.07, 6.45) is 6.28. The van der Waals surface area contributed by atoms with Crippen LogP contribution in [0.5, 0.6) is 0 Å². The molecular weight excluding hydrogens is 576 g/mol. The zero-order valence-corrected chi connectivity index (χ0v) is 26.6. The first-order valence-electron chi connectivity index (χ1n) is 16.9. The Morgan fingerprint density at radius 2 is 1.76 bits per heavy atom. The number of carbonyl (C=O) groups is 4.